The van der Waals surface area contributed by atoms with Crippen molar-refractivity contribution in [2.45, 2.75) is 51.4 Å². The van der Waals surface area contributed by atoms with Crippen LogP contribution in [-0.2, 0) is 26.9 Å². The summed E-state index contributed by atoms with van der Waals surface area (Å²) in [6.07, 6.45) is 0.00848. The summed E-state index contributed by atoms with van der Waals surface area (Å²) < 4.78 is 36.0. The van der Waals surface area contributed by atoms with Gasteiger partial charge in [-0.05, 0) is 51.5 Å². The third kappa shape index (κ3) is 5.09. The number of nitrogens with one attached hydrogen (secondary N) is 1. The van der Waals surface area contributed by atoms with Crippen molar-refractivity contribution in [3.63, 3.8) is 0 Å². The Bertz CT molecular complexity index is 1150. The van der Waals surface area contributed by atoms with Gasteiger partial charge < -0.3 is 14.5 Å². The number of benzene rings is 2. The normalized spacial score (nSPS) is 12.1. The van der Waals surface area contributed by atoms with Crippen molar-refractivity contribution in [1.29, 1.82) is 0 Å². The molecule has 3 rings (SSSR count). The molecule has 0 aliphatic carbocycles. The van der Waals surface area contributed by atoms with Crippen LogP contribution in [0.1, 0.15) is 49.4 Å². The molecule has 0 aliphatic heterocycles. The maximum atomic E-state index is 13.0. The Balaban J connectivity index is 1.87. The zero-order valence-electron chi connectivity index (χ0n) is 17.6. The minimum absolute atomic E-state index is 0.00848. The van der Waals surface area contributed by atoms with E-state index in [4.69, 9.17) is 9.15 Å². The van der Waals surface area contributed by atoms with Crippen LogP contribution in [0.15, 0.2) is 52.9 Å². The minimum Gasteiger partial charge on any atom is -0.451 e. The van der Waals surface area contributed by atoms with E-state index in [1.54, 1.807) is 38.1 Å². The monoisotopic (exact) mass is 429 g/mol. The fraction of sp³-hybridized carbons (Fsp3) is 0.348. The maximum Gasteiger partial charge on any atom is 0.291 e. The summed E-state index contributed by atoms with van der Waals surface area (Å²) in [5.74, 6) is -0.290. The number of anilines is 1. The molecular weight excluding hydrogens is 402 g/mol. The van der Waals surface area contributed by atoms with Gasteiger partial charge in [0.25, 0.3) is 5.91 Å². The van der Waals surface area contributed by atoms with Crippen molar-refractivity contribution >= 4 is 32.4 Å². The maximum absolute atomic E-state index is 13.0. The molecule has 30 heavy (non-hydrogen) atoms. The van der Waals surface area contributed by atoms with Crippen LogP contribution >= 0.6 is 0 Å². The van der Waals surface area contributed by atoms with Crippen molar-refractivity contribution < 1.29 is 22.4 Å². The second-order valence-electron chi connectivity index (χ2n) is 7.78. The number of carbonyl (C=O) groups is 1. The predicted molar refractivity (Wildman–Crippen MR) is 118 cm³/mol. The number of amides is 1. The van der Waals surface area contributed by atoms with Crippen LogP contribution < -0.4 is 5.32 Å². The number of hydrogen-bond acceptors (Lipinski definition) is 5. The Kier molecular flexibility index (Phi) is 6.63. The molecule has 7 heteroatoms. The molecule has 0 bridgehead atoms. The van der Waals surface area contributed by atoms with Gasteiger partial charge in [-0.1, -0.05) is 30.3 Å². The number of carbonyl (C=O) groups excluding carboxylic acids is 1. The lowest BCUT2D eigenvalue weighted by Crippen LogP contribution is -2.17. The van der Waals surface area contributed by atoms with E-state index in [2.05, 4.69) is 5.32 Å². The zero-order chi connectivity index (χ0) is 21.9. The molecule has 1 aromatic heterocycles. The van der Waals surface area contributed by atoms with Crippen molar-refractivity contribution in [3.05, 3.63) is 65.4 Å². The number of fused-ring (bicyclic) bond motifs is 1. The molecule has 0 fully saturated rings. The Morgan fingerprint density at radius 3 is 2.50 bits per heavy atom. The molecule has 2 aromatic carbocycles. The summed E-state index contributed by atoms with van der Waals surface area (Å²) >= 11 is 0. The second kappa shape index (κ2) is 9.02. The van der Waals surface area contributed by atoms with E-state index >= 15 is 0 Å². The van der Waals surface area contributed by atoms with E-state index in [0.717, 1.165) is 5.39 Å². The van der Waals surface area contributed by atoms with Crippen molar-refractivity contribution in [1.82, 2.24) is 0 Å². The van der Waals surface area contributed by atoms with Crippen LogP contribution in [-0.4, -0.2) is 25.7 Å². The predicted octanol–water partition coefficient (Wildman–Crippen LogP) is 4.93. The summed E-state index contributed by atoms with van der Waals surface area (Å²) in [5, 5.41) is 3.19. The lowest BCUT2D eigenvalue weighted by atomic mass is 10.1. The average molecular weight is 430 g/mol. The third-order valence-corrected chi connectivity index (χ3v) is 6.91. The Labute approximate surface area is 177 Å². The van der Waals surface area contributed by atoms with Gasteiger partial charge in [0, 0.05) is 16.6 Å². The molecule has 0 radical (unpaired) electrons. The first-order valence-corrected chi connectivity index (χ1v) is 11.6. The second-order valence-corrected chi connectivity index (χ2v) is 10.3. The fourth-order valence-electron chi connectivity index (χ4n) is 3.00. The first-order valence-electron chi connectivity index (χ1n) is 9.91. The van der Waals surface area contributed by atoms with Crippen LogP contribution in [0.5, 0.6) is 0 Å². The summed E-state index contributed by atoms with van der Waals surface area (Å²) in [7, 11) is -3.24. The van der Waals surface area contributed by atoms with E-state index in [0.29, 0.717) is 22.4 Å². The van der Waals surface area contributed by atoms with Gasteiger partial charge in [0.2, 0.25) is 0 Å². The molecule has 160 valence electrons. The van der Waals surface area contributed by atoms with Crippen LogP contribution in [0.25, 0.3) is 11.0 Å². The van der Waals surface area contributed by atoms with E-state index in [-0.39, 0.29) is 24.2 Å². The van der Waals surface area contributed by atoms with Crippen molar-refractivity contribution in [3.8, 4) is 0 Å². The number of para-hydroxylation sites is 1. The summed E-state index contributed by atoms with van der Waals surface area (Å²) in [6.45, 7) is 7.42. The Hall–Kier alpha value is -2.64. The lowest BCUT2D eigenvalue weighted by molar-refractivity contribution is 0.0648. The average Bonchev–Trinajstić information content (AvgIpc) is 3.05. The number of rotatable bonds is 8. The standard InChI is InChI=1S/C23H27NO5S/c1-15(2)28-13-20-19-10-5-6-11-21(19)29-22(20)23(25)24-18-9-7-8-17(12-18)14-30(26,27)16(3)4/h5-12,15-16H,13-14H2,1-4H3,(H,24,25). The van der Waals surface area contributed by atoms with Gasteiger partial charge in [-0.15, -0.1) is 0 Å². The largest absolute Gasteiger partial charge is 0.451 e. The smallest absolute Gasteiger partial charge is 0.291 e. The fourth-order valence-corrected chi connectivity index (χ4v) is 3.98. The van der Waals surface area contributed by atoms with Crippen molar-refractivity contribution in [2.75, 3.05) is 5.32 Å². The number of hydrogen-bond donors (Lipinski definition) is 1. The number of sulfone groups is 1. The Morgan fingerprint density at radius 1 is 1.07 bits per heavy atom. The highest BCUT2D eigenvalue weighted by atomic mass is 32.2. The molecule has 1 heterocycles. The third-order valence-electron chi connectivity index (χ3n) is 4.74. The highest BCUT2D eigenvalue weighted by molar-refractivity contribution is 7.91. The highest BCUT2D eigenvalue weighted by Gasteiger charge is 2.22. The van der Waals surface area contributed by atoms with E-state index in [9.17, 15) is 13.2 Å². The quantitative estimate of drug-likeness (QED) is 0.548. The highest BCUT2D eigenvalue weighted by Crippen LogP contribution is 2.28. The van der Waals surface area contributed by atoms with Crippen LogP contribution in [0, 0.1) is 0 Å². The molecule has 0 spiro atoms. The molecule has 0 aliphatic rings. The summed E-state index contributed by atoms with van der Waals surface area (Å²) in [5.41, 5.74) is 2.43. The van der Waals surface area contributed by atoms with Gasteiger partial charge in [-0.25, -0.2) is 8.42 Å². The van der Waals surface area contributed by atoms with Crippen LogP contribution in [0.2, 0.25) is 0 Å². The van der Waals surface area contributed by atoms with Gasteiger partial charge in [0.15, 0.2) is 15.6 Å². The summed E-state index contributed by atoms with van der Waals surface area (Å²) in [4.78, 5) is 13.0. The van der Waals surface area contributed by atoms with Gasteiger partial charge >= 0.3 is 0 Å². The lowest BCUT2D eigenvalue weighted by Gasteiger charge is -2.11. The SMILES string of the molecule is CC(C)OCc1c(C(=O)Nc2cccc(CS(=O)(=O)C(C)C)c2)oc2ccccc12. The van der Waals surface area contributed by atoms with Gasteiger partial charge in [0.1, 0.15) is 5.58 Å². The summed E-state index contributed by atoms with van der Waals surface area (Å²) in [6, 6.07) is 14.3. The van der Waals surface area contributed by atoms with Gasteiger partial charge in [-0.2, -0.15) is 0 Å². The first-order chi connectivity index (χ1) is 14.2. The number of furan rings is 1. The molecule has 0 unspecified atom stereocenters. The van der Waals surface area contributed by atoms with E-state index in [1.165, 1.54) is 0 Å². The van der Waals surface area contributed by atoms with E-state index < -0.39 is 21.0 Å². The molecule has 3 aromatic rings. The molecule has 0 atom stereocenters. The number of ether oxygens (including phenoxy) is 1. The molecule has 0 saturated carbocycles. The molecule has 1 N–H and O–H groups in total. The Morgan fingerprint density at radius 2 is 1.80 bits per heavy atom. The first kappa shape index (κ1) is 22.1. The van der Waals surface area contributed by atoms with Gasteiger partial charge in [0.05, 0.1) is 23.7 Å². The molecule has 6 nitrogen and oxygen atoms in total. The topological polar surface area (TPSA) is 85.6 Å². The van der Waals surface area contributed by atoms with E-state index in [1.807, 2.05) is 38.1 Å². The van der Waals surface area contributed by atoms with Crippen molar-refractivity contribution in [2.24, 2.45) is 0 Å². The molecular formula is C23H27NO5S. The molecule has 0 saturated heterocycles. The zero-order valence-corrected chi connectivity index (χ0v) is 18.5. The van der Waals surface area contributed by atoms with Crippen LogP contribution in [0.3, 0.4) is 0 Å². The van der Waals surface area contributed by atoms with Gasteiger partial charge in [-0.3, -0.25) is 4.79 Å². The molecule has 1 amide bonds. The minimum atomic E-state index is -3.24. The van der Waals surface area contributed by atoms with Crippen LogP contribution in [0.4, 0.5) is 5.69 Å².